The van der Waals surface area contributed by atoms with Gasteiger partial charge in [0.05, 0.1) is 17.8 Å². The van der Waals surface area contributed by atoms with Gasteiger partial charge in [-0.1, -0.05) is 36.0 Å². The zero-order chi connectivity index (χ0) is 14.8. The molecule has 0 saturated heterocycles. The molecule has 106 valence electrons. The first-order chi connectivity index (χ1) is 10.2. The van der Waals surface area contributed by atoms with Crippen molar-refractivity contribution in [1.82, 2.24) is 4.98 Å². The first-order valence-corrected chi connectivity index (χ1v) is 7.44. The largest absolute Gasteiger partial charge is 0.497 e. The SMILES string of the molecule is COc1ccc(Sc2[nH]c(C(C)=O)c3ccccc23)cc1. The smallest absolute Gasteiger partial charge is 0.176 e. The van der Waals surface area contributed by atoms with E-state index in [4.69, 9.17) is 4.74 Å². The van der Waals surface area contributed by atoms with E-state index in [0.717, 1.165) is 26.4 Å². The molecule has 21 heavy (non-hydrogen) atoms. The monoisotopic (exact) mass is 297 g/mol. The Hall–Kier alpha value is -2.20. The van der Waals surface area contributed by atoms with Gasteiger partial charge in [-0.15, -0.1) is 0 Å². The predicted molar refractivity (Wildman–Crippen MR) is 85.4 cm³/mol. The highest BCUT2D eigenvalue weighted by Crippen LogP contribution is 2.35. The van der Waals surface area contributed by atoms with E-state index in [2.05, 4.69) is 4.98 Å². The number of hydrogen-bond donors (Lipinski definition) is 1. The van der Waals surface area contributed by atoms with E-state index >= 15 is 0 Å². The molecule has 3 rings (SSSR count). The predicted octanol–water partition coefficient (Wildman–Crippen LogP) is 4.53. The fourth-order valence-electron chi connectivity index (χ4n) is 2.27. The molecule has 0 unspecified atom stereocenters. The van der Waals surface area contributed by atoms with Crippen molar-refractivity contribution in [2.45, 2.75) is 16.8 Å². The highest BCUT2D eigenvalue weighted by Gasteiger charge is 2.13. The van der Waals surface area contributed by atoms with Gasteiger partial charge in [-0.3, -0.25) is 4.79 Å². The van der Waals surface area contributed by atoms with Crippen LogP contribution in [0.25, 0.3) is 10.8 Å². The van der Waals surface area contributed by atoms with Gasteiger partial charge in [0, 0.05) is 22.6 Å². The summed E-state index contributed by atoms with van der Waals surface area (Å²) in [5.41, 5.74) is 0.668. The lowest BCUT2D eigenvalue weighted by molar-refractivity contribution is 0.101. The van der Waals surface area contributed by atoms with Crippen LogP contribution in [0.15, 0.2) is 58.5 Å². The molecule has 1 heterocycles. The minimum Gasteiger partial charge on any atom is -0.497 e. The van der Waals surface area contributed by atoms with Crippen LogP contribution in [-0.2, 0) is 0 Å². The van der Waals surface area contributed by atoms with Gasteiger partial charge in [-0.2, -0.15) is 0 Å². The standard InChI is InChI=1S/C17H15NO2S/c1-11(19)16-14-5-3-4-6-15(14)17(18-16)21-13-9-7-12(20-2)8-10-13/h3-10,18H,1-2H3. The number of methoxy groups -OCH3 is 1. The third-order valence-corrected chi connectivity index (χ3v) is 4.34. The van der Waals surface area contributed by atoms with Gasteiger partial charge < -0.3 is 9.72 Å². The minimum absolute atomic E-state index is 0.0489. The summed E-state index contributed by atoms with van der Waals surface area (Å²) in [7, 11) is 1.65. The van der Waals surface area contributed by atoms with Crippen molar-refractivity contribution in [3.63, 3.8) is 0 Å². The van der Waals surface area contributed by atoms with Gasteiger partial charge in [-0.05, 0) is 24.3 Å². The van der Waals surface area contributed by atoms with Gasteiger partial charge in [0.25, 0.3) is 0 Å². The lowest BCUT2D eigenvalue weighted by atomic mass is 10.1. The number of carbonyl (C=O) groups is 1. The van der Waals surface area contributed by atoms with Crippen LogP contribution in [0.5, 0.6) is 5.75 Å². The summed E-state index contributed by atoms with van der Waals surface area (Å²) >= 11 is 1.61. The molecule has 0 fully saturated rings. The van der Waals surface area contributed by atoms with Crippen LogP contribution in [0.4, 0.5) is 0 Å². The highest BCUT2D eigenvalue weighted by molar-refractivity contribution is 7.99. The Balaban J connectivity index is 2.01. The van der Waals surface area contributed by atoms with E-state index in [1.165, 1.54) is 0 Å². The quantitative estimate of drug-likeness (QED) is 0.719. The number of rotatable bonds is 4. The molecule has 0 atom stereocenters. The van der Waals surface area contributed by atoms with E-state index < -0.39 is 0 Å². The lowest BCUT2D eigenvalue weighted by Crippen LogP contribution is -1.92. The molecule has 0 radical (unpaired) electrons. The molecule has 0 spiro atoms. The van der Waals surface area contributed by atoms with Crippen molar-refractivity contribution in [3.8, 4) is 5.75 Å². The molecule has 2 aromatic carbocycles. The van der Waals surface area contributed by atoms with Crippen LogP contribution in [-0.4, -0.2) is 17.9 Å². The number of Topliss-reactive ketones (excluding diaryl/α,β-unsaturated/α-hetero) is 1. The molecule has 0 amide bonds. The summed E-state index contributed by atoms with van der Waals surface area (Å²) in [4.78, 5) is 16.1. The summed E-state index contributed by atoms with van der Waals surface area (Å²) in [6.07, 6.45) is 0. The van der Waals surface area contributed by atoms with Crippen molar-refractivity contribution < 1.29 is 9.53 Å². The second-order valence-electron chi connectivity index (χ2n) is 4.71. The number of aromatic amines is 1. The summed E-state index contributed by atoms with van der Waals surface area (Å²) in [5, 5.41) is 3.03. The number of nitrogens with one attached hydrogen (secondary N) is 1. The fraction of sp³-hybridized carbons (Fsp3) is 0.118. The van der Waals surface area contributed by atoms with Crippen LogP contribution < -0.4 is 4.74 Å². The van der Waals surface area contributed by atoms with Crippen LogP contribution in [0.1, 0.15) is 17.4 Å². The summed E-state index contributed by atoms with van der Waals surface area (Å²) in [5.74, 6) is 0.882. The molecule has 4 heteroatoms. The van der Waals surface area contributed by atoms with E-state index in [1.807, 2.05) is 48.5 Å². The van der Waals surface area contributed by atoms with Crippen LogP contribution in [0.2, 0.25) is 0 Å². The third kappa shape index (κ3) is 2.67. The van der Waals surface area contributed by atoms with E-state index in [-0.39, 0.29) is 5.78 Å². The molecular weight excluding hydrogens is 282 g/mol. The Morgan fingerprint density at radius 2 is 1.71 bits per heavy atom. The molecule has 0 aliphatic carbocycles. The van der Waals surface area contributed by atoms with Gasteiger partial charge >= 0.3 is 0 Å². The van der Waals surface area contributed by atoms with Crippen molar-refractivity contribution >= 4 is 28.3 Å². The van der Waals surface area contributed by atoms with Gasteiger partial charge in [0.1, 0.15) is 5.75 Å². The maximum absolute atomic E-state index is 11.8. The van der Waals surface area contributed by atoms with Crippen molar-refractivity contribution in [2.24, 2.45) is 0 Å². The lowest BCUT2D eigenvalue weighted by Gasteiger charge is -2.02. The second kappa shape index (κ2) is 5.66. The minimum atomic E-state index is 0.0489. The van der Waals surface area contributed by atoms with E-state index in [1.54, 1.807) is 25.8 Å². The maximum atomic E-state index is 11.8. The number of fused-ring (bicyclic) bond motifs is 1. The summed E-state index contributed by atoms with van der Waals surface area (Å²) < 4.78 is 5.16. The molecule has 1 N–H and O–H groups in total. The number of carbonyl (C=O) groups excluding carboxylic acids is 1. The van der Waals surface area contributed by atoms with E-state index in [0.29, 0.717) is 5.69 Å². The molecule has 3 nitrogen and oxygen atoms in total. The van der Waals surface area contributed by atoms with Gasteiger partial charge in [-0.25, -0.2) is 0 Å². The second-order valence-corrected chi connectivity index (χ2v) is 5.79. The molecule has 0 aliphatic rings. The fourth-order valence-corrected chi connectivity index (χ4v) is 3.22. The van der Waals surface area contributed by atoms with Crippen LogP contribution in [0.3, 0.4) is 0 Å². The number of hydrogen-bond acceptors (Lipinski definition) is 3. The number of H-pyrrole nitrogens is 1. The van der Waals surface area contributed by atoms with Crippen molar-refractivity contribution in [3.05, 3.63) is 54.2 Å². The van der Waals surface area contributed by atoms with Crippen molar-refractivity contribution in [2.75, 3.05) is 7.11 Å². The van der Waals surface area contributed by atoms with E-state index in [9.17, 15) is 4.79 Å². The Bertz CT molecular complexity index is 790. The molecular formula is C17H15NO2S. The first-order valence-electron chi connectivity index (χ1n) is 6.62. The van der Waals surface area contributed by atoms with Gasteiger partial charge in [0.15, 0.2) is 5.78 Å². The first kappa shape index (κ1) is 13.8. The highest BCUT2D eigenvalue weighted by atomic mass is 32.2. The number of ether oxygens (including phenoxy) is 1. The number of benzene rings is 2. The Labute approximate surface area is 127 Å². The molecule has 0 saturated carbocycles. The average molecular weight is 297 g/mol. The molecule has 3 aromatic rings. The summed E-state index contributed by atoms with van der Waals surface area (Å²) in [6, 6.07) is 15.8. The third-order valence-electron chi connectivity index (χ3n) is 3.31. The maximum Gasteiger partial charge on any atom is 0.176 e. The Kier molecular flexibility index (Phi) is 3.71. The van der Waals surface area contributed by atoms with Crippen LogP contribution >= 0.6 is 11.8 Å². The van der Waals surface area contributed by atoms with Crippen molar-refractivity contribution in [1.29, 1.82) is 0 Å². The molecule has 0 bridgehead atoms. The Morgan fingerprint density at radius 3 is 2.33 bits per heavy atom. The number of ketones is 1. The van der Waals surface area contributed by atoms with Crippen LogP contribution in [0, 0.1) is 0 Å². The molecule has 0 aliphatic heterocycles. The van der Waals surface area contributed by atoms with Gasteiger partial charge in [0.2, 0.25) is 0 Å². The average Bonchev–Trinajstić information content (AvgIpc) is 2.87. The molecule has 1 aromatic heterocycles. The Morgan fingerprint density at radius 1 is 1.05 bits per heavy atom. The zero-order valence-electron chi connectivity index (χ0n) is 11.8. The zero-order valence-corrected chi connectivity index (χ0v) is 12.7. The number of aromatic nitrogens is 1. The summed E-state index contributed by atoms with van der Waals surface area (Å²) in [6.45, 7) is 1.58. The normalized spacial score (nSPS) is 10.8. The topological polar surface area (TPSA) is 42.1 Å².